The number of likely N-dealkylation sites (tertiary alicyclic amines) is 1. The summed E-state index contributed by atoms with van der Waals surface area (Å²) in [5.41, 5.74) is 0.717. The Kier molecular flexibility index (Phi) is 9.44. The maximum Gasteiger partial charge on any atom is 0.410 e. The standard InChI is InChI=1S/C34H37F3N6O5S/c1-34(2,3)48-33(45)42-13-10-22(11-14-42)20-4-6-21(7-5-20)23-16-25-26(18-39-32(25)38-17-23)31(44)29-27(36)8-9-28(30(29)37)40-49(46,47)41-43-15-12-24(35)19-43/h4-9,16-18,22,24,40-41H,10-15,19H2,1-3H3,(H,38,39)/t24-/m1/s1. The SMILES string of the molecule is CC(C)(C)OC(=O)N1CCC(c2ccc(-c3cnc4[nH]cc(C(=O)c5c(F)ccc(NS(=O)(=O)NN6CC[C@@H](F)C6)c5F)c4c3)cc2)CC1. The Morgan fingerprint density at radius 1 is 1.00 bits per heavy atom. The van der Waals surface area contributed by atoms with Crippen LogP contribution in [0.15, 0.2) is 54.9 Å². The van der Waals surface area contributed by atoms with Crippen molar-refractivity contribution in [3.05, 3.63) is 83.2 Å². The largest absolute Gasteiger partial charge is 0.444 e. The minimum atomic E-state index is -4.42. The summed E-state index contributed by atoms with van der Waals surface area (Å²) in [5.74, 6) is -3.32. The number of amides is 1. The lowest BCUT2D eigenvalue weighted by molar-refractivity contribution is 0.0204. The zero-order valence-electron chi connectivity index (χ0n) is 27.2. The van der Waals surface area contributed by atoms with Crippen molar-refractivity contribution in [1.29, 1.82) is 0 Å². The summed E-state index contributed by atoms with van der Waals surface area (Å²) in [5, 5.41) is 1.45. The van der Waals surface area contributed by atoms with Crippen LogP contribution in [0.1, 0.15) is 67.4 Å². The molecule has 11 nitrogen and oxygen atoms in total. The molecule has 0 bridgehead atoms. The lowest BCUT2D eigenvalue weighted by atomic mass is 9.88. The van der Waals surface area contributed by atoms with Crippen LogP contribution < -0.4 is 9.55 Å². The molecule has 0 saturated carbocycles. The highest BCUT2D eigenvalue weighted by Gasteiger charge is 2.30. The number of nitrogens with one attached hydrogen (secondary N) is 3. The number of pyridine rings is 1. The summed E-state index contributed by atoms with van der Waals surface area (Å²) < 4.78 is 76.7. The molecular weight excluding hydrogens is 661 g/mol. The average molecular weight is 699 g/mol. The zero-order chi connectivity index (χ0) is 35.1. The van der Waals surface area contributed by atoms with E-state index in [1.165, 1.54) is 6.20 Å². The minimum absolute atomic E-state index is 0.0558. The van der Waals surface area contributed by atoms with E-state index in [1.54, 1.807) is 17.2 Å². The van der Waals surface area contributed by atoms with Crippen molar-refractivity contribution in [2.24, 2.45) is 0 Å². The number of halogens is 3. The van der Waals surface area contributed by atoms with Gasteiger partial charge in [0.25, 0.3) is 0 Å². The Labute approximate surface area is 282 Å². The van der Waals surface area contributed by atoms with Gasteiger partial charge in [-0.25, -0.2) is 28.0 Å². The van der Waals surface area contributed by atoms with E-state index in [4.69, 9.17) is 4.74 Å². The summed E-state index contributed by atoms with van der Waals surface area (Å²) in [4.78, 5) is 37.1. The molecule has 0 radical (unpaired) electrons. The highest BCUT2D eigenvalue weighted by atomic mass is 32.2. The van der Waals surface area contributed by atoms with E-state index in [2.05, 4.69) is 14.8 Å². The smallest absolute Gasteiger partial charge is 0.410 e. The third-order valence-electron chi connectivity index (χ3n) is 8.58. The number of fused-ring (bicyclic) bond motifs is 1. The van der Waals surface area contributed by atoms with E-state index in [0.29, 0.717) is 29.7 Å². The third-order valence-corrected chi connectivity index (χ3v) is 9.57. The topological polar surface area (TPSA) is 137 Å². The normalized spacial score (nSPS) is 17.8. The molecular formula is C34H37F3N6O5S. The Bertz CT molecular complexity index is 1990. The van der Waals surface area contributed by atoms with Crippen molar-refractivity contribution in [2.45, 2.75) is 57.7 Å². The predicted octanol–water partition coefficient (Wildman–Crippen LogP) is 6.06. The van der Waals surface area contributed by atoms with E-state index < -0.39 is 50.7 Å². The van der Waals surface area contributed by atoms with Gasteiger partial charge in [-0.2, -0.15) is 8.42 Å². The molecule has 260 valence electrons. The number of ketones is 1. The maximum atomic E-state index is 15.6. The number of hydrogen-bond acceptors (Lipinski definition) is 7. The summed E-state index contributed by atoms with van der Waals surface area (Å²) in [6.07, 6.45) is 3.14. The molecule has 0 unspecified atom stereocenters. The van der Waals surface area contributed by atoms with Crippen LogP contribution >= 0.6 is 0 Å². The molecule has 4 heterocycles. The number of ether oxygens (including phenoxy) is 1. The number of rotatable bonds is 8. The van der Waals surface area contributed by atoms with Crippen molar-refractivity contribution in [3.8, 4) is 11.1 Å². The monoisotopic (exact) mass is 698 g/mol. The van der Waals surface area contributed by atoms with Gasteiger partial charge < -0.3 is 14.6 Å². The fourth-order valence-electron chi connectivity index (χ4n) is 6.13. The molecule has 15 heteroatoms. The van der Waals surface area contributed by atoms with Gasteiger partial charge in [-0.05, 0) is 75.3 Å². The van der Waals surface area contributed by atoms with Crippen LogP contribution in [-0.2, 0) is 14.9 Å². The van der Waals surface area contributed by atoms with Gasteiger partial charge in [-0.15, -0.1) is 4.83 Å². The molecule has 2 aliphatic rings. The Morgan fingerprint density at radius 3 is 2.37 bits per heavy atom. The van der Waals surface area contributed by atoms with Gasteiger partial charge in [-0.3, -0.25) is 9.52 Å². The molecule has 2 saturated heterocycles. The number of hydrogen-bond donors (Lipinski definition) is 3. The van der Waals surface area contributed by atoms with Gasteiger partial charge in [0.05, 0.1) is 11.3 Å². The number of aromatic nitrogens is 2. The number of alkyl halides is 1. The number of benzene rings is 2. The van der Waals surface area contributed by atoms with E-state index in [9.17, 15) is 26.8 Å². The van der Waals surface area contributed by atoms with E-state index in [1.807, 2.05) is 49.8 Å². The lowest BCUT2D eigenvalue weighted by Gasteiger charge is -2.33. The molecule has 4 aromatic rings. The average Bonchev–Trinajstić information content (AvgIpc) is 3.66. The summed E-state index contributed by atoms with van der Waals surface area (Å²) in [7, 11) is -4.42. The van der Waals surface area contributed by atoms with Crippen molar-refractivity contribution in [1.82, 2.24) is 24.7 Å². The summed E-state index contributed by atoms with van der Waals surface area (Å²) in [6.45, 7) is 6.67. The number of nitrogens with zero attached hydrogens (tertiary/aromatic N) is 3. The first kappa shape index (κ1) is 34.4. The van der Waals surface area contributed by atoms with Crippen molar-refractivity contribution in [3.63, 3.8) is 0 Å². The molecule has 6 rings (SSSR count). The van der Waals surface area contributed by atoms with E-state index in [0.717, 1.165) is 41.1 Å². The molecule has 49 heavy (non-hydrogen) atoms. The van der Waals surface area contributed by atoms with Crippen molar-refractivity contribution >= 4 is 38.8 Å². The Morgan fingerprint density at radius 2 is 1.71 bits per heavy atom. The molecule has 3 N–H and O–H groups in total. The molecule has 2 aromatic heterocycles. The number of hydrazine groups is 1. The number of carbonyl (C=O) groups is 2. The molecule has 2 fully saturated rings. The molecule has 1 atom stereocenters. The molecule has 1 amide bonds. The highest BCUT2D eigenvalue weighted by molar-refractivity contribution is 7.90. The second kappa shape index (κ2) is 13.4. The first-order chi connectivity index (χ1) is 23.2. The zero-order valence-corrected chi connectivity index (χ0v) is 28.0. The van der Waals surface area contributed by atoms with Crippen LogP contribution in [0.4, 0.5) is 23.7 Å². The second-order valence-corrected chi connectivity index (χ2v) is 14.7. The van der Waals surface area contributed by atoms with Gasteiger partial charge >= 0.3 is 16.3 Å². The van der Waals surface area contributed by atoms with Gasteiger partial charge in [0.2, 0.25) is 5.78 Å². The third kappa shape index (κ3) is 7.73. The van der Waals surface area contributed by atoms with Gasteiger partial charge in [0.1, 0.15) is 23.2 Å². The van der Waals surface area contributed by atoms with Crippen LogP contribution in [0.5, 0.6) is 0 Å². The highest BCUT2D eigenvalue weighted by Crippen LogP contribution is 2.33. The molecule has 0 aliphatic carbocycles. The van der Waals surface area contributed by atoms with Gasteiger partial charge in [-0.1, -0.05) is 24.3 Å². The maximum absolute atomic E-state index is 15.6. The Balaban J connectivity index is 1.18. The fraction of sp³-hybridized carbons (Fsp3) is 0.382. The quantitative estimate of drug-likeness (QED) is 0.191. The summed E-state index contributed by atoms with van der Waals surface area (Å²) >= 11 is 0. The summed E-state index contributed by atoms with van der Waals surface area (Å²) in [6, 6.07) is 11.3. The molecule has 2 aromatic carbocycles. The van der Waals surface area contributed by atoms with Crippen LogP contribution in [-0.4, -0.2) is 78.1 Å². The number of anilines is 1. The van der Waals surface area contributed by atoms with Crippen LogP contribution in [0, 0.1) is 11.6 Å². The number of aromatic amines is 1. The van der Waals surface area contributed by atoms with Crippen molar-refractivity contribution < 1.29 is 35.9 Å². The van der Waals surface area contributed by atoms with Crippen molar-refractivity contribution in [2.75, 3.05) is 30.9 Å². The first-order valence-electron chi connectivity index (χ1n) is 15.9. The molecule has 2 aliphatic heterocycles. The number of piperidine rings is 1. The molecule has 0 spiro atoms. The number of carbonyl (C=O) groups excluding carboxylic acids is 2. The van der Waals surface area contributed by atoms with E-state index in [-0.39, 0.29) is 37.1 Å². The first-order valence-corrected chi connectivity index (χ1v) is 17.4. The number of H-pyrrole nitrogens is 1. The predicted molar refractivity (Wildman–Crippen MR) is 178 cm³/mol. The van der Waals surface area contributed by atoms with Crippen LogP contribution in [0.25, 0.3) is 22.2 Å². The van der Waals surface area contributed by atoms with Crippen LogP contribution in [0.3, 0.4) is 0 Å². The van der Waals surface area contributed by atoms with E-state index >= 15 is 4.39 Å². The Hall–Kier alpha value is -4.47. The fourth-order valence-corrected chi connectivity index (χ4v) is 7.13. The van der Waals surface area contributed by atoms with Gasteiger partial charge in [0.15, 0.2) is 5.82 Å². The second-order valence-electron chi connectivity index (χ2n) is 13.3. The van der Waals surface area contributed by atoms with Gasteiger partial charge in [0, 0.05) is 55.1 Å². The van der Waals surface area contributed by atoms with Crippen LogP contribution in [0.2, 0.25) is 0 Å². The lowest BCUT2D eigenvalue weighted by Crippen LogP contribution is -2.43. The minimum Gasteiger partial charge on any atom is -0.444 e.